The lowest BCUT2D eigenvalue weighted by molar-refractivity contribution is -0.144. The molecule has 3 rings (SSSR count). The van der Waals surface area contributed by atoms with Crippen molar-refractivity contribution in [1.29, 1.82) is 0 Å². The molecule has 2 N–H and O–H groups in total. The van der Waals surface area contributed by atoms with Gasteiger partial charge in [-0.2, -0.15) is 0 Å². The summed E-state index contributed by atoms with van der Waals surface area (Å²) in [6.07, 6.45) is 0.368. The average Bonchev–Trinajstić information content (AvgIpc) is 3.22. The second-order valence-electron chi connectivity index (χ2n) is 6.92. The smallest absolute Gasteiger partial charge is 0.328 e. The van der Waals surface area contributed by atoms with E-state index in [4.69, 9.17) is 4.74 Å². The normalized spacial score (nSPS) is 11.6. The number of hydrogen-bond donors (Lipinski definition) is 2. The second kappa shape index (κ2) is 10.9. The molecule has 0 saturated heterocycles. The zero-order chi connectivity index (χ0) is 22.2. The third-order valence-electron chi connectivity index (χ3n) is 4.59. The van der Waals surface area contributed by atoms with Gasteiger partial charge in [0, 0.05) is 12.1 Å². The van der Waals surface area contributed by atoms with E-state index in [1.54, 1.807) is 0 Å². The van der Waals surface area contributed by atoms with Crippen molar-refractivity contribution in [3.05, 3.63) is 65.2 Å². The highest BCUT2D eigenvalue weighted by Crippen LogP contribution is 2.28. The van der Waals surface area contributed by atoms with Gasteiger partial charge < -0.3 is 15.4 Å². The van der Waals surface area contributed by atoms with Crippen LogP contribution in [-0.2, 0) is 20.7 Å². The molecule has 1 aromatic heterocycles. The number of methoxy groups -OCH3 is 1. The molecular weight excluding hydrogens is 432 g/mol. The fourth-order valence-electron chi connectivity index (χ4n) is 2.81. The maximum absolute atomic E-state index is 12.4. The summed E-state index contributed by atoms with van der Waals surface area (Å²) in [6.45, 7) is 4.12. The van der Waals surface area contributed by atoms with Crippen LogP contribution in [-0.4, -0.2) is 41.0 Å². The van der Waals surface area contributed by atoms with Gasteiger partial charge in [0.25, 0.3) is 0 Å². The molecule has 1 heterocycles. The number of amides is 1. The molecule has 0 radical (unpaired) electrons. The molecule has 31 heavy (non-hydrogen) atoms. The third-order valence-corrected chi connectivity index (χ3v) is 6.57. The quantitative estimate of drug-likeness (QED) is 0.373. The largest absolute Gasteiger partial charge is 0.467 e. The summed E-state index contributed by atoms with van der Waals surface area (Å²) in [5, 5.41) is 14.9. The molecule has 0 bridgehead atoms. The Bertz CT molecular complexity index is 1040. The summed E-state index contributed by atoms with van der Waals surface area (Å²) in [4.78, 5) is 24.5. The van der Waals surface area contributed by atoms with Gasteiger partial charge in [-0.3, -0.25) is 4.79 Å². The monoisotopic (exact) mass is 456 g/mol. The molecule has 0 fully saturated rings. The van der Waals surface area contributed by atoms with Gasteiger partial charge in [-0.1, -0.05) is 59.5 Å². The topological polar surface area (TPSA) is 93.2 Å². The van der Waals surface area contributed by atoms with E-state index in [1.807, 2.05) is 42.5 Å². The highest BCUT2D eigenvalue weighted by atomic mass is 32.2. The maximum Gasteiger partial charge on any atom is 0.328 e. The Labute approximate surface area is 189 Å². The van der Waals surface area contributed by atoms with Crippen LogP contribution in [0.5, 0.6) is 0 Å². The molecule has 3 aromatic rings. The minimum Gasteiger partial charge on any atom is -0.467 e. The SMILES string of the molecule is COC(=O)[C@H](Cc1ccccc1)NC(=O)CSc1nnc(Nc2ccc(C)c(C)c2)s1. The molecule has 0 aliphatic rings. The van der Waals surface area contributed by atoms with E-state index < -0.39 is 12.0 Å². The molecule has 9 heteroatoms. The van der Waals surface area contributed by atoms with Crippen LogP contribution in [0, 0.1) is 13.8 Å². The van der Waals surface area contributed by atoms with Gasteiger partial charge in [-0.05, 0) is 42.7 Å². The van der Waals surface area contributed by atoms with E-state index in [0.717, 1.165) is 11.3 Å². The van der Waals surface area contributed by atoms with Gasteiger partial charge in [0.05, 0.1) is 12.9 Å². The lowest BCUT2D eigenvalue weighted by atomic mass is 10.1. The number of carbonyl (C=O) groups excluding carboxylic acids is 2. The number of carbonyl (C=O) groups is 2. The molecule has 0 unspecified atom stereocenters. The minimum atomic E-state index is -0.739. The minimum absolute atomic E-state index is 0.126. The molecule has 162 valence electrons. The number of nitrogens with zero attached hydrogens (tertiary/aromatic N) is 2. The van der Waals surface area contributed by atoms with Gasteiger partial charge in [0.2, 0.25) is 11.0 Å². The highest BCUT2D eigenvalue weighted by molar-refractivity contribution is 8.01. The first-order chi connectivity index (χ1) is 14.9. The Morgan fingerprint density at radius 2 is 1.87 bits per heavy atom. The molecule has 1 atom stereocenters. The van der Waals surface area contributed by atoms with Gasteiger partial charge in [0.1, 0.15) is 6.04 Å². The molecule has 0 aliphatic heterocycles. The summed E-state index contributed by atoms with van der Waals surface area (Å²) in [5.41, 5.74) is 4.30. The Morgan fingerprint density at radius 1 is 1.10 bits per heavy atom. The summed E-state index contributed by atoms with van der Waals surface area (Å²) in [7, 11) is 1.31. The van der Waals surface area contributed by atoms with Crippen LogP contribution >= 0.6 is 23.1 Å². The van der Waals surface area contributed by atoms with Crippen molar-refractivity contribution in [2.45, 2.75) is 30.6 Å². The first kappa shape index (κ1) is 22.8. The molecule has 0 aliphatic carbocycles. The summed E-state index contributed by atoms with van der Waals surface area (Å²) in [6, 6.07) is 14.8. The summed E-state index contributed by atoms with van der Waals surface area (Å²) < 4.78 is 5.50. The van der Waals surface area contributed by atoms with E-state index in [0.29, 0.717) is 15.9 Å². The Hall–Kier alpha value is -2.91. The number of aromatic nitrogens is 2. The number of rotatable bonds is 9. The summed E-state index contributed by atoms with van der Waals surface area (Å²) in [5.74, 6) is -0.617. The van der Waals surface area contributed by atoms with Crippen LogP contribution in [0.1, 0.15) is 16.7 Å². The van der Waals surface area contributed by atoms with E-state index >= 15 is 0 Å². The molecule has 0 saturated carbocycles. The number of esters is 1. The van der Waals surface area contributed by atoms with Crippen LogP contribution < -0.4 is 10.6 Å². The Kier molecular flexibility index (Phi) is 8.02. The number of nitrogens with one attached hydrogen (secondary N) is 2. The van der Waals surface area contributed by atoms with Crippen molar-refractivity contribution in [3.8, 4) is 0 Å². The van der Waals surface area contributed by atoms with Crippen molar-refractivity contribution in [2.75, 3.05) is 18.2 Å². The number of benzene rings is 2. The zero-order valence-corrected chi connectivity index (χ0v) is 19.2. The fraction of sp³-hybridized carbons (Fsp3) is 0.273. The standard InChI is InChI=1S/C22H24N4O3S2/c1-14-9-10-17(11-15(14)2)23-21-25-26-22(31-21)30-13-19(27)24-18(20(28)29-3)12-16-7-5-4-6-8-16/h4-11,18H,12-13H2,1-3H3,(H,23,25)(H,24,27)/t18-/m0/s1. The molecule has 0 spiro atoms. The van der Waals surface area contributed by atoms with Gasteiger partial charge >= 0.3 is 5.97 Å². The number of aryl methyl sites for hydroxylation is 2. The van der Waals surface area contributed by atoms with Crippen molar-refractivity contribution in [3.63, 3.8) is 0 Å². The molecular formula is C22H24N4O3S2. The lowest BCUT2D eigenvalue weighted by Gasteiger charge is -2.16. The van der Waals surface area contributed by atoms with E-state index in [2.05, 4.69) is 40.7 Å². The first-order valence-corrected chi connectivity index (χ1v) is 11.5. The van der Waals surface area contributed by atoms with Crippen molar-refractivity contribution in [1.82, 2.24) is 15.5 Å². The van der Waals surface area contributed by atoms with E-state index in [9.17, 15) is 9.59 Å². The fourth-order valence-corrected chi connectivity index (χ4v) is 4.39. The predicted molar refractivity (Wildman–Crippen MR) is 124 cm³/mol. The van der Waals surface area contributed by atoms with E-state index in [1.165, 1.54) is 41.3 Å². The maximum atomic E-state index is 12.4. The van der Waals surface area contributed by atoms with Crippen molar-refractivity contribution < 1.29 is 14.3 Å². The Balaban J connectivity index is 1.53. The van der Waals surface area contributed by atoms with Crippen molar-refractivity contribution >= 4 is 45.8 Å². The first-order valence-electron chi connectivity index (χ1n) is 9.66. The Morgan fingerprint density at radius 3 is 2.58 bits per heavy atom. The van der Waals surface area contributed by atoms with Crippen LogP contribution in [0.25, 0.3) is 0 Å². The molecule has 1 amide bonds. The van der Waals surface area contributed by atoms with Crippen LogP contribution in [0.4, 0.5) is 10.8 Å². The number of thioether (sulfide) groups is 1. The summed E-state index contributed by atoms with van der Waals surface area (Å²) >= 11 is 2.64. The van der Waals surface area contributed by atoms with Gasteiger partial charge in [-0.15, -0.1) is 10.2 Å². The van der Waals surface area contributed by atoms with Crippen LogP contribution in [0.2, 0.25) is 0 Å². The number of hydrogen-bond acceptors (Lipinski definition) is 8. The van der Waals surface area contributed by atoms with Crippen LogP contribution in [0.3, 0.4) is 0 Å². The molecule has 2 aromatic carbocycles. The highest BCUT2D eigenvalue weighted by Gasteiger charge is 2.22. The molecule has 7 nitrogen and oxygen atoms in total. The van der Waals surface area contributed by atoms with Gasteiger partial charge in [-0.25, -0.2) is 4.79 Å². The lowest BCUT2D eigenvalue weighted by Crippen LogP contribution is -2.43. The zero-order valence-electron chi connectivity index (χ0n) is 17.5. The number of anilines is 2. The third kappa shape index (κ3) is 6.80. The van der Waals surface area contributed by atoms with Crippen molar-refractivity contribution in [2.24, 2.45) is 0 Å². The number of ether oxygens (including phenoxy) is 1. The predicted octanol–water partition coefficient (Wildman–Crippen LogP) is 3.89. The average molecular weight is 457 g/mol. The van der Waals surface area contributed by atoms with Crippen LogP contribution in [0.15, 0.2) is 52.9 Å². The van der Waals surface area contributed by atoms with E-state index in [-0.39, 0.29) is 11.7 Å². The second-order valence-corrected chi connectivity index (χ2v) is 9.12. The van der Waals surface area contributed by atoms with Gasteiger partial charge in [0.15, 0.2) is 4.34 Å².